The van der Waals surface area contributed by atoms with Gasteiger partial charge in [0.05, 0.1) is 5.69 Å². The number of thiazole rings is 1. The van der Waals surface area contributed by atoms with Gasteiger partial charge in [-0.2, -0.15) is 0 Å². The van der Waals surface area contributed by atoms with Crippen LogP contribution in [-0.4, -0.2) is 30.2 Å². The lowest BCUT2D eigenvalue weighted by molar-refractivity contribution is -0.114. The maximum Gasteiger partial charge on any atom is 0.282 e. The highest BCUT2D eigenvalue weighted by Crippen LogP contribution is 2.26. The number of rotatable bonds is 5. The van der Waals surface area contributed by atoms with E-state index in [9.17, 15) is 18.0 Å². The molecule has 3 aromatic rings. The lowest BCUT2D eigenvalue weighted by Crippen LogP contribution is -2.41. The van der Waals surface area contributed by atoms with Gasteiger partial charge in [0.2, 0.25) is 5.91 Å². The summed E-state index contributed by atoms with van der Waals surface area (Å²) in [6.07, 6.45) is 0. The van der Waals surface area contributed by atoms with E-state index in [1.807, 2.05) is 4.83 Å². The minimum atomic E-state index is -4.06. The highest BCUT2D eigenvalue weighted by Gasteiger charge is 2.23. The van der Waals surface area contributed by atoms with Crippen LogP contribution in [0.1, 0.15) is 23.1 Å². The van der Waals surface area contributed by atoms with Gasteiger partial charge in [-0.05, 0) is 31.2 Å². The summed E-state index contributed by atoms with van der Waals surface area (Å²) in [5.74, 6) is -1.04. The second-order valence-corrected chi connectivity index (χ2v) is 8.86. The monoisotopic (exact) mass is 427 g/mol. The van der Waals surface area contributed by atoms with Gasteiger partial charge in [0.1, 0.15) is 5.69 Å². The zero-order chi connectivity index (χ0) is 19.8. The number of aryl methyl sites for hydroxylation is 1. The Hall–Kier alpha value is -2.47. The summed E-state index contributed by atoms with van der Waals surface area (Å²) in [5, 5.41) is 3.81. The second kappa shape index (κ2) is 7.27. The second-order valence-electron chi connectivity index (χ2n) is 5.55. The number of hydrazine groups is 1. The van der Waals surface area contributed by atoms with Crippen LogP contribution >= 0.6 is 22.9 Å². The van der Waals surface area contributed by atoms with Crippen LogP contribution in [0.4, 0.5) is 5.13 Å². The molecule has 9 nitrogen and oxygen atoms in total. The standard InChI is InChI=1S/C15H14ClN5O4S2/c1-7-14(26-15(17-7)18-8(2)22)27(24,25)21-20-13(23)12-6-9-5-10(16)3-4-11(9)19-12/h3-6,19,21H,1-2H3,(H,20,23)(H,17,18,22). The molecule has 0 aliphatic carbocycles. The summed E-state index contributed by atoms with van der Waals surface area (Å²) < 4.78 is 24.7. The van der Waals surface area contributed by atoms with Crippen LogP contribution in [-0.2, 0) is 14.8 Å². The van der Waals surface area contributed by atoms with Gasteiger partial charge < -0.3 is 10.3 Å². The number of halogens is 1. The SMILES string of the molecule is CC(=O)Nc1nc(C)c(S(=O)(=O)NNC(=O)c2cc3cc(Cl)ccc3[nH]2)s1. The molecule has 0 unspecified atom stereocenters. The third-order valence-electron chi connectivity index (χ3n) is 3.41. The first kappa shape index (κ1) is 19.3. The smallest absolute Gasteiger partial charge is 0.282 e. The van der Waals surface area contributed by atoms with E-state index in [2.05, 4.69) is 20.7 Å². The molecule has 0 saturated carbocycles. The molecule has 1 aromatic carbocycles. The number of carbonyl (C=O) groups excluding carboxylic acids is 2. The zero-order valence-corrected chi connectivity index (χ0v) is 16.5. The quantitative estimate of drug-likeness (QED) is 0.463. The van der Waals surface area contributed by atoms with Crippen LogP contribution in [0.2, 0.25) is 5.02 Å². The molecule has 0 spiro atoms. The highest BCUT2D eigenvalue weighted by molar-refractivity contribution is 7.91. The van der Waals surface area contributed by atoms with Crippen molar-refractivity contribution in [3.05, 3.63) is 40.7 Å². The normalized spacial score (nSPS) is 11.5. The van der Waals surface area contributed by atoms with Crippen LogP contribution < -0.4 is 15.6 Å². The third kappa shape index (κ3) is 4.27. The highest BCUT2D eigenvalue weighted by atomic mass is 35.5. The van der Waals surface area contributed by atoms with Gasteiger partial charge in [0.15, 0.2) is 9.34 Å². The van der Waals surface area contributed by atoms with Crippen LogP contribution in [0, 0.1) is 6.92 Å². The predicted molar refractivity (Wildman–Crippen MR) is 102 cm³/mol. The van der Waals surface area contributed by atoms with E-state index < -0.39 is 15.9 Å². The third-order valence-corrected chi connectivity index (χ3v) is 6.57. The lowest BCUT2D eigenvalue weighted by atomic mass is 10.2. The Labute approximate surface area is 163 Å². The lowest BCUT2D eigenvalue weighted by Gasteiger charge is -2.06. The fourth-order valence-electron chi connectivity index (χ4n) is 2.29. The summed E-state index contributed by atoms with van der Waals surface area (Å²) in [7, 11) is -4.06. The molecule has 0 saturated heterocycles. The van der Waals surface area contributed by atoms with Gasteiger partial charge in [0, 0.05) is 22.8 Å². The Kier molecular flexibility index (Phi) is 5.20. The van der Waals surface area contributed by atoms with E-state index >= 15 is 0 Å². The van der Waals surface area contributed by atoms with Gasteiger partial charge in [-0.3, -0.25) is 15.0 Å². The number of aromatic nitrogens is 2. The van der Waals surface area contributed by atoms with Crippen molar-refractivity contribution in [2.24, 2.45) is 0 Å². The minimum Gasteiger partial charge on any atom is -0.350 e. The molecule has 3 rings (SSSR count). The molecule has 142 valence electrons. The molecule has 0 fully saturated rings. The van der Waals surface area contributed by atoms with Crippen LogP contribution in [0.3, 0.4) is 0 Å². The molecule has 0 bridgehead atoms. The summed E-state index contributed by atoms with van der Waals surface area (Å²) in [6.45, 7) is 2.77. The van der Waals surface area contributed by atoms with Crippen LogP contribution in [0.5, 0.6) is 0 Å². The number of nitrogens with one attached hydrogen (secondary N) is 4. The topological polar surface area (TPSA) is 133 Å². The number of hydrogen-bond acceptors (Lipinski definition) is 6. The first-order valence-electron chi connectivity index (χ1n) is 7.51. The molecule has 27 heavy (non-hydrogen) atoms. The van der Waals surface area contributed by atoms with Gasteiger partial charge in [-0.25, -0.2) is 13.4 Å². The number of fused-ring (bicyclic) bond motifs is 1. The fraction of sp³-hybridized carbons (Fsp3) is 0.133. The van der Waals surface area contributed by atoms with Crippen molar-refractivity contribution in [2.75, 3.05) is 5.32 Å². The largest absolute Gasteiger partial charge is 0.350 e. The molecule has 2 amide bonds. The zero-order valence-electron chi connectivity index (χ0n) is 14.1. The number of H-pyrrole nitrogens is 1. The van der Waals surface area contributed by atoms with E-state index in [0.717, 1.165) is 11.3 Å². The van der Waals surface area contributed by atoms with Crippen molar-refractivity contribution in [3.8, 4) is 0 Å². The number of amides is 2. The van der Waals surface area contributed by atoms with Crippen molar-refractivity contribution in [2.45, 2.75) is 18.1 Å². The van der Waals surface area contributed by atoms with Crippen molar-refractivity contribution in [3.63, 3.8) is 0 Å². The van der Waals surface area contributed by atoms with E-state index in [1.165, 1.54) is 13.8 Å². The number of nitrogens with zero attached hydrogens (tertiary/aromatic N) is 1. The van der Waals surface area contributed by atoms with Gasteiger partial charge in [-0.15, -0.1) is 4.83 Å². The average Bonchev–Trinajstić information content (AvgIpc) is 3.15. The summed E-state index contributed by atoms with van der Waals surface area (Å²) >= 11 is 6.69. The van der Waals surface area contributed by atoms with Crippen LogP contribution in [0.25, 0.3) is 10.9 Å². The van der Waals surface area contributed by atoms with E-state index in [4.69, 9.17) is 11.6 Å². The number of benzene rings is 1. The summed E-state index contributed by atoms with van der Waals surface area (Å²) in [4.78, 5) is 32.2. The van der Waals surface area contributed by atoms with Gasteiger partial charge >= 0.3 is 0 Å². The maximum absolute atomic E-state index is 12.4. The van der Waals surface area contributed by atoms with E-state index in [-0.39, 0.29) is 26.6 Å². The van der Waals surface area contributed by atoms with Crippen molar-refractivity contribution < 1.29 is 18.0 Å². The molecule has 0 aliphatic heterocycles. The fourth-order valence-corrected chi connectivity index (χ4v) is 4.77. The molecule has 2 aromatic heterocycles. The molecule has 4 N–H and O–H groups in total. The Bertz CT molecular complexity index is 1150. The molecular formula is C15H14ClN5O4S2. The Morgan fingerprint density at radius 2 is 2.00 bits per heavy atom. The number of anilines is 1. The molecule has 12 heteroatoms. The Balaban J connectivity index is 1.75. The summed E-state index contributed by atoms with van der Waals surface area (Å²) in [6, 6.07) is 6.61. The van der Waals surface area contributed by atoms with E-state index in [0.29, 0.717) is 15.9 Å². The van der Waals surface area contributed by atoms with Crippen molar-refractivity contribution in [1.29, 1.82) is 0 Å². The van der Waals surface area contributed by atoms with Crippen molar-refractivity contribution in [1.82, 2.24) is 20.2 Å². The number of hydrogen-bond donors (Lipinski definition) is 4. The number of carbonyl (C=O) groups is 2. The first-order chi connectivity index (χ1) is 12.7. The van der Waals surface area contributed by atoms with Crippen molar-refractivity contribution >= 4 is 60.8 Å². The summed E-state index contributed by atoms with van der Waals surface area (Å²) in [5.41, 5.74) is 3.19. The molecule has 0 aliphatic rings. The van der Waals surface area contributed by atoms with E-state index in [1.54, 1.807) is 24.3 Å². The number of sulfonamides is 1. The predicted octanol–water partition coefficient (Wildman–Crippen LogP) is 2.17. The van der Waals surface area contributed by atoms with Gasteiger partial charge in [0.25, 0.3) is 15.9 Å². The Morgan fingerprint density at radius 3 is 2.70 bits per heavy atom. The molecular weight excluding hydrogens is 414 g/mol. The minimum absolute atomic E-state index is 0.116. The molecule has 0 atom stereocenters. The maximum atomic E-state index is 12.4. The molecule has 0 radical (unpaired) electrons. The Morgan fingerprint density at radius 1 is 1.26 bits per heavy atom. The van der Waals surface area contributed by atoms with Gasteiger partial charge in [-0.1, -0.05) is 22.9 Å². The van der Waals surface area contributed by atoms with Crippen LogP contribution in [0.15, 0.2) is 28.5 Å². The average molecular weight is 428 g/mol. The number of aromatic amines is 1. The molecule has 2 heterocycles. The first-order valence-corrected chi connectivity index (χ1v) is 10.2.